The molecule has 0 amide bonds. The number of ketones is 1. The summed E-state index contributed by atoms with van der Waals surface area (Å²) in [5.74, 6) is -0.445. The highest BCUT2D eigenvalue weighted by molar-refractivity contribution is 6.42. The lowest BCUT2D eigenvalue weighted by atomic mass is 10.1. The summed E-state index contributed by atoms with van der Waals surface area (Å²) >= 11 is 12.0. The molecule has 0 atom stereocenters. The number of carbonyl (C=O) groups is 1. The largest absolute Gasteiger partial charge is 0.487 e. The molecule has 0 N–H and O–H groups in total. The number of halogens is 3. The van der Waals surface area contributed by atoms with Gasteiger partial charge in [-0.25, -0.2) is 4.39 Å². The molecule has 2 aromatic carbocycles. The molecule has 1 saturated heterocycles. The Bertz CT molecular complexity index is 804. The van der Waals surface area contributed by atoms with E-state index in [0.717, 1.165) is 38.0 Å². The zero-order chi connectivity index (χ0) is 18.7. The Labute approximate surface area is 162 Å². The molecule has 3 rings (SSSR count). The molecule has 0 aliphatic carbocycles. The number of Topliss-reactive ketones (excluding diaryl/α,β-unsaturated/α-hetero) is 1. The fraction of sp³-hybridized carbons (Fsp3) is 0.350. The lowest BCUT2D eigenvalue weighted by Crippen LogP contribution is -2.37. The molecule has 0 radical (unpaired) electrons. The summed E-state index contributed by atoms with van der Waals surface area (Å²) in [5, 5.41) is 1.12. The van der Waals surface area contributed by atoms with E-state index >= 15 is 0 Å². The van der Waals surface area contributed by atoms with Gasteiger partial charge in [-0.15, -0.1) is 0 Å². The van der Waals surface area contributed by atoms with E-state index in [9.17, 15) is 9.18 Å². The zero-order valence-electron chi connectivity index (χ0n) is 14.5. The topological polar surface area (TPSA) is 29.5 Å². The maximum Gasteiger partial charge on any atom is 0.165 e. The van der Waals surface area contributed by atoms with Crippen LogP contribution in [-0.4, -0.2) is 29.9 Å². The number of nitrogens with zero attached hydrogens (tertiary/aromatic N) is 1. The van der Waals surface area contributed by atoms with Crippen LogP contribution >= 0.6 is 23.2 Å². The molecule has 1 fully saturated rings. The van der Waals surface area contributed by atoms with Crippen LogP contribution in [-0.2, 0) is 6.54 Å². The summed E-state index contributed by atoms with van der Waals surface area (Å²) in [6.07, 6.45) is 1.60. The Hall–Kier alpha value is -1.62. The van der Waals surface area contributed by atoms with Crippen molar-refractivity contribution >= 4 is 29.0 Å². The number of likely N-dealkylation sites (tertiary alicyclic amines) is 1. The fourth-order valence-corrected chi connectivity index (χ4v) is 3.40. The molecule has 0 unspecified atom stereocenters. The number of piperidine rings is 1. The predicted octanol–water partition coefficient (Wildman–Crippen LogP) is 5.38. The van der Waals surface area contributed by atoms with Gasteiger partial charge < -0.3 is 4.74 Å². The van der Waals surface area contributed by atoms with Crippen LogP contribution in [0.4, 0.5) is 4.39 Å². The van der Waals surface area contributed by atoms with Crippen LogP contribution in [0.1, 0.15) is 35.7 Å². The lowest BCUT2D eigenvalue weighted by molar-refractivity contribution is 0.0934. The Balaban J connectivity index is 1.53. The summed E-state index contributed by atoms with van der Waals surface area (Å²) in [7, 11) is 0. The van der Waals surface area contributed by atoms with Gasteiger partial charge in [-0.05, 0) is 55.7 Å². The highest BCUT2D eigenvalue weighted by Gasteiger charge is 2.22. The van der Waals surface area contributed by atoms with Crippen LogP contribution in [0.25, 0.3) is 0 Å². The standard InChI is InChI=1S/C20H20Cl2FNO2/c1-13(25)15-3-5-20(19(23)11-15)26-16-6-8-24(9-7-16)12-14-2-4-17(21)18(22)10-14/h2-5,10-11,16H,6-9,12H2,1H3. The fourth-order valence-electron chi connectivity index (χ4n) is 3.08. The zero-order valence-corrected chi connectivity index (χ0v) is 16.0. The average molecular weight is 396 g/mol. The monoisotopic (exact) mass is 395 g/mol. The van der Waals surface area contributed by atoms with Crippen molar-refractivity contribution in [2.24, 2.45) is 0 Å². The third-order valence-corrected chi connectivity index (χ3v) is 5.30. The Kier molecular flexibility index (Phi) is 6.17. The SMILES string of the molecule is CC(=O)c1ccc(OC2CCN(Cc3ccc(Cl)c(Cl)c3)CC2)c(F)c1. The minimum Gasteiger partial charge on any atom is -0.487 e. The summed E-state index contributed by atoms with van der Waals surface area (Å²) in [4.78, 5) is 13.6. The molecule has 1 aliphatic rings. The van der Waals surface area contributed by atoms with E-state index in [4.69, 9.17) is 27.9 Å². The number of carbonyl (C=O) groups excluding carboxylic acids is 1. The Morgan fingerprint density at radius 1 is 1.15 bits per heavy atom. The van der Waals surface area contributed by atoms with Crippen molar-refractivity contribution in [3.8, 4) is 5.75 Å². The normalized spacial score (nSPS) is 15.8. The van der Waals surface area contributed by atoms with Crippen molar-refractivity contribution in [1.82, 2.24) is 4.90 Å². The molecule has 0 spiro atoms. The van der Waals surface area contributed by atoms with Crippen LogP contribution in [0.5, 0.6) is 5.75 Å². The van der Waals surface area contributed by atoms with E-state index in [1.165, 1.54) is 19.1 Å². The number of benzene rings is 2. The van der Waals surface area contributed by atoms with Gasteiger partial charge in [-0.3, -0.25) is 9.69 Å². The van der Waals surface area contributed by atoms with Crippen LogP contribution in [0.3, 0.4) is 0 Å². The minimum atomic E-state index is -0.490. The molecular weight excluding hydrogens is 376 g/mol. The average Bonchev–Trinajstić information content (AvgIpc) is 2.61. The van der Waals surface area contributed by atoms with Crippen molar-refractivity contribution in [3.05, 3.63) is 63.4 Å². The van der Waals surface area contributed by atoms with Crippen LogP contribution in [0.15, 0.2) is 36.4 Å². The van der Waals surface area contributed by atoms with Crippen molar-refractivity contribution in [1.29, 1.82) is 0 Å². The van der Waals surface area contributed by atoms with Gasteiger partial charge in [0.15, 0.2) is 17.3 Å². The van der Waals surface area contributed by atoms with Crippen molar-refractivity contribution in [2.45, 2.75) is 32.4 Å². The van der Waals surface area contributed by atoms with Crippen molar-refractivity contribution < 1.29 is 13.9 Å². The van der Waals surface area contributed by atoms with Crippen molar-refractivity contribution in [3.63, 3.8) is 0 Å². The first-order valence-electron chi connectivity index (χ1n) is 8.56. The van der Waals surface area contributed by atoms with Crippen molar-refractivity contribution in [2.75, 3.05) is 13.1 Å². The maximum atomic E-state index is 14.1. The quantitative estimate of drug-likeness (QED) is 0.636. The summed E-state index contributed by atoms with van der Waals surface area (Å²) in [6, 6.07) is 10.0. The number of hydrogen-bond acceptors (Lipinski definition) is 3. The van der Waals surface area contributed by atoms with Crippen LogP contribution in [0, 0.1) is 5.82 Å². The Morgan fingerprint density at radius 2 is 1.88 bits per heavy atom. The molecule has 0 saturated carbocycles. The van der Waals surface area contributed by atoms with E-state index in [2.05, 4.69) is 4.90 Å². The van der Waals surface area contributed by atoms with E-state index in [1.54, 1.807) is 6.07 Å². The third kappa shape index (κ3) is 4.76. The second-order valence-corrected chi connectivity index (χ2v) is 7.36. The minimum absolute atomic E-state index is 0.0299. The lowest BCUT2D eigenvalue weighted by Gasteiger charge is -2.32. The highest BCUT2D eigenvalue weighted by atomic mass is 35.5. The molecule has 2 aromatic rings. The van der Waals surface area contributed by atoms with Gasteiger partial charge in [0.05, 0.1) is 10.0 Å². The molecular formula is C20H20Cl2FNO2. The van der Waals surface area contributed by atoms with Gasteiger partial charge >= 0.3 is 0 Å². The van der Waals surface area contributed by atoms with Gasteiger partial charge in [0.25, 0.3) is 0 Å². The summed E-state index contributed by atoms with van der Waals surface area (Å²) in [6.45, 7) is 3.93. The summed E-state index contributed by atoms with van der Waals surface area (Å²) < 4.78 is 19.9. The molecule has 3 nitrogen and oxygen atoms in total. The molecule has 26 heavy (non-hydrogen) atoms. The smallest absolute Gasteiger partial charge is 0.165 e. The highest BCUT2D eigenvalue weighted by Crippen LogP contribution is 2.26. The first-order valence-corrected chi connectivity index (χ1v) is 9.31. The van der Waals surface area contributed by atoms with Gasteiger partial charge in [-0.1, -0.05) is 29.3 Å². The van der Waals surface area contributed by atoms with E-state index < -0.39 is 5.82 Å². The van der Waals surface area contributed by atoms with Crippen LogP contribution in [0.2, 0.25) is 10.0 Å². The van der Waals surface area contributed by atoms with E-state index in [-0.39, 0.29) is 17.6 Å². The first-order chi connectivity index (χ1) is 12.4. The third-order valence-electron chi connectivity index (χ3n) is 4.56. The molecule has 6 heteroatoms. The molecule has 138 valence electrons. The molecule has 1 aliphatic heterocycles. The first kappa shape index (κ1) is 19.2. The van der Waals surface area contributed by atoms with Crippen LogP contribution < -0.4 is 4.74 Å². The van der Waals surface area contributed by atoms with Gasteiger partial charge in [-0.2, -0.15) is 0 Å². The van der Waals surface area contributed by atoms with E-state index in [0.29, 0.717) is 15.6 Å². The van der Waals surface area contributed by atoms with E-state index in [1.807, 2.05) is 18.2 Å². The molecule has 0 aromatic heterocycles. The summed E-state index contributed by atoms with van der Waals surface area (Å²) in [5.41, 5.74) is 1.47. The number of hydrogen-bond donors (Lipinski definition) is 0. The molecule has 0 bridgehead atoms. The predicted molar refractivity (Wildman–Crippen MR) is 102 cm³/mol. The second kappa shape index (κ2) is 8.38. The second-order valence-electron chi connectivity index (χ2n) is 6.54. The molecule has 1 heterocycles. The Morgan fingerprint density at radius 3 is 2.50 bits per heavy atom. The number of ether oxygens (including phenoxy) is 1. The van der Waals surface area contributed by atoms with Gasteiger partial charge in [0.1, 0.15) is 6.10 Å². The van der Waals surface area contributed by atoms with Gasteiger partial charge in [0.2, 0.25) is 0 Å². The maximum absolute atomic E-state index is 14.1. The van der Waals surface area contributed by atoms with Gasteiger partial charge in [0, 0.05) is 25.2 Å². The number of rotatable bonds is 5.